The first kappa shape index (κ1) is 17.1. The molecule has 2 amide bonds. The van der Waals surface area contributed by atoms with E-state index in [1.807, 2.05) is 18.2 Å². The molecule has 132 valence electrons. The van der Waals surface area contributed by atoms with Gasteiger partial charge in [0.2, 0.25) is 5.91 Å². The van der Waals surface area contributed by atoms with Crippen molar-refractivity contribution in [2.75, 3.05) is 19.6 Å². The monoisotopic (exact) mass is 342 g/mol. The van der Waals surface area contributed by atoms with E-state index in [0.717, 1.165) is 37.3 Å². The van der Waals surface area contributed by atoms with Gasteiger partial charge in [0, 0.05) is 24.4 Å². The average molecular weight is 342 g/mol. The molecule has 25 heavy (non-hydrogen) atoms. The Kier molecular flexibility index (Phi) is 5.39. The number of piperidine rings is 1. The molecular formula is C17H22N6O2. The zero-order valence-electron chi connectivity index (χ0n) is 13.9. The third-order valence-electron chi connectivity index (χ3n) is 4.36. The maximum Gasteiger partial charge on any atom is 0.269 e. The van der Waals surface area contributed by atoms with Crippen LogP contribution in [-0.2, 0) is 11.3 Å². The van der Waals surface area contributed by atoms with E-state index in [1.54, 1.807) is 12.3 Å². The fraction of sp³-hybridized carbons (Fsp3) is 0.412. The third-order valence-corrected chi connectivity index (χ3v) is 4.36. The zero-order valence-corrected chi connectivity index (χ0v) is 13.9. The Morgan fingerprint density at radius 2 is 2.28 bits per heavy atom. The number of primary amides is 1. The fourth-order valence-electron chi connectivity index (χ4n) is 3.08. The number of nitrogens with zero attached hydrogens (tertiary/aromatic N) is 3. The van der Waals surface area contributed by atoms with Crippen LogP contribution in [0.15, 0.2) is 30.5 Å². The van der Waals surface area contributed by atoms with Gasteiger partial charge in [-0.2, -0.15) is 5.10 Å². The first-order valence-corrected chi connectivity index (χ1v) is 8.36. The average Bonchev–Trinajstić information content (AvgIpc) is 3.12. The molecule has 1 saturated heterocycles. The molecular weight excluding hydrogens is 320 g/mol. The van der Waals surface area contributed by atoms with Crippen LogP contribution in [0, 0.1) is 0 Å². The third kappa shape index (κ3) is 4.63. The number of hydrogen-bond acceptors (Lipinski definition) is 5. The Labute approximate surface area is 145 Å². The van der Waals surface area contributed by atoms with Crippen molar-refractivity contribution in [2.45, 2.75) is 25.3 Å². The smallest absolute Gasteiger partial charge is 0.269 e. The molecule has 2 aromatic heterocycles. The molecule has 0 aromatic carbocycles. The summed E-state index contributed by atoms with van der Waals surface area (Å²) in [7, 11) is 0. The molecule has 8 nitrogen and oxygen atoms in total. The molecule has 1 aliphatic rings. The summed E-state index contributed by atoms with van der Waals surface area (Å²) in [6, 6.07) is 7.33. The Morgan fingerprint density at radius 1 is 1.40 bits per heavy atom. The van der Waals surface area contributed by atoms with Gasteiger partial charge in [0.05, 0.1) is 18.8 Å². The highest BCUT2D eigenvalue weighted by atomic mass is 16.2. The van der Waals surface area contributed by atoms with Crippen molar-refractivity contribution in [3.63, 3.8) is 0 Å². The summed E-state index contributed by atoms with van der Waals surface area (Å²) in [5, 5.41) is 9.72. The van der Waals surface area contributed by atoms with Crippen LogP contribution in [0.2, 0.25) is 0 Å². The van der Waals surface area contributed by atoms with Crippen molar-refractivity contribution < 1.29 is 9.59 Å². The second kappa shape index (κ2) is 7.89. The van der Waals surface area contributed by atoms with E-state index < -0.39 is 5.91 Å². The van der Waals surface area contributed by atoms with E-state index in [1.165, 1.54) is 0 Å². The Bertz CT molecular complexity index is 730. The highest BCUT2D eigenvalue weighted by Gasteiger charge is 2.24. The summed E-state index contributed by atoms with van der Waals surface area (Å²) in [5.41, 5.74) is 7.22. The maximum atomic E-state index is 12.2. The van der Waals surface area contributed by atoms with Crippen molar-refractivity contribution in [1.29, 1.82) is 0 Å². The highest BCUT2D eigenvalue weighted by Crippen LogP contribution is 2.25. The van der Waals surface area contributed by atoms with Gasteiger partial charge in [-0.1, -0.05) is 6.07 Å². The van der Waals surface area contributed by atoms with E-state index in [4.69, 9.17) is 5.73 Å². The molecule has 0 saturated carbocycles. The second-order valence-electron chi connectivity index (χ2n) is 6.24. The van der Waals surface area contributed by atoms with Crippen LogP contribution in [0.25, 0.3) is 0 Å². The van der Waals surface area contributed by atoms with E-state index in [9.17, 15) is 9.59 Å². The predicted molar refractivity (Wildman–Crippen MR) is 91.6 cm³/mol. The lowest BCUT2D eigenvalue weighted by atomic mass is 9.94. The number of pyridine rings is 1. The van der Waals surface area contributed by atoms with E-state index in [-0.39, 0.29) is 17.5 Å². The van der Waals surface area contributed by atoms with Crippen LogP contribution in [0.1, 0.15) is 40.6 Å². The van der Waals surface area contributed by atoms with Crippen molar-refractivity contribution in [3.8, 4) is 0 Å². The Morgan fingerprint density at radius 3 is 3.00 bits per heavy atom. The largest absolute Gasteiger partial charge is 0.364 e. The molecule has 0 bridgehead atoms. The van der Waals surface area contributed by atoms with E-state index in [0.29, 0.717) is 13.1 Å². The minimum atomic E-state index is -0.538. The number of H-pyrrole nitrogens is 1. The van der Waals surface area contributed by atoms with Gasteiger partial charge >= 0.3 is 0 Å². The van der Waals surface area contributed by atoms with Gasteiger partial charge in [-0.25, -0.2) is 0 Å². The lowest BCUT2D eigenvalue weighted by Gasteiger charge is -2.31. The number of carbonyl (C=O) groups is 2. The number of amides is 2. The normalized spacial score (nSPS) is 18.0. The van der Waals surface area contributed by atoms with Gasteiger partial charge < -0.3 is 11.1 Å². The molecule has 1 fully saturated rings. The molecule has 0 radical (unpaired) electrons. The number of rotatable bonds is 6. The second-order valence-corrected chi connectivity index (χ2v) is 6.24. The van der Waals surface area contributed by atoms with Gasteiger partial charge in [-0.3, -0.25) is 24.6 Å². The first-order valence-electron chi connectivity index (χ1n) is 8.36. The molecule has 2 aromatic rings. The van der Waals surface area contributed by atoms with Crippen molar-refractivity contribution in [1.82, 2.24) is 25.4 Å². The van der Waals surface area contributed by atoms with Crippen LogP contribution in [-0.4, -0.2) is 51.5 Å². The Hall–Kier alpha value is -2.74. The molecule has 0 unspecified atom stereocenters. The molecule has 0 spiro atoms. The van der Waals surface area contributed by atoms with E-state index in [2.05, 4.69) is 25.4 Å². The van der Waals surface area contributed by atoms with E-state index >= 15 is 0 Å². The topological polar surface area (TPSA) is 117 Å². The first-order chi connectivity index (χ1) is 12.1. The zero-order chi connectivity index (χ0) is 17.6. The minimum absolute atomic E-state index is 0.0197. The molecule has 4 N–H and O–H groups in total. The lowest BCUT2D eigenvalue weighted by molar-refractivity contribution is -0.122. The summed E-state index contributed by atoms with van der Waals surface area (Å²) in [4.78, 5) is 29.6. The summed E-state index contributed by atoms with van der Waals surface area (Å²) < 4.78 is 0. The summed E-state index contributed by atoms with van der Waals surface area (Å²) >= 11 is 0. The molecule has 8 heteroatoms. The molecule has 3 heterocycles. The molecule has 0 aliphatic carbocycles. The van der Waals surface area contributed by atoms with Crippen LogP contribution in [0.3, 0.4) is 0 Å². The standard InChI is InChI=1S/C17H22N6O2/c18-17(25)15-8-14(21-22-15)12-4-3-7-23(10-12)11-16(24)20-9-13-5-1-2-6-19-13/h1-2,5-6,8,12H,3-4,7,9-11H2,(H2,18,25)(H,20,24)(H,21,22)/t12-/m0/s1. The minimum Gasteiger partial charge on any atom is -0.364 e. The number of nitrogens with one attached hydrogen (secondary N) is 2. The van der Waals surface area contributed by atoms with Crippen molar-refractivity contribution in [3.05, 3.63) is 47.5 Å². The fourth-order valence-corrected chi connectivity index (χ4v) is 3.08. The quantitative estimate of drug-likeness (QED) is 0.702. The molecule has 1 aliphatic heterocycles. The number of carbonyl (C=O) groups excluding carboxylic acids is 2. The highest BCUT2D eigenvalue weighted by molar-refractivity contribution is 5.90. The van der Waals surface area contributed by atoms with Gasteiger partial charge in [0.25, 0.3) is 5.91 Å². The van der Waals surface area contributed by atoms with Crippen LogP contribution >= 0.6 is 0 Å². The summed E-state index contributed by atoms with van der Waals surface area (Å²) in [6.07, 6.45) is 3.69. The van der Waals surface area contributed by atoms with Gasteiger partial charge in [-0.05, 0) is 37.6 Å². The lowest BCUT2D eigenvalue weighted by Crippen LogP contribution is -2.42. The number of likely N-dealkylation sites (tertiary alicyclic amines) is 1. The van der Waals surface area contributed by atoms with Crippen LogP contribution in [0.4, 0.5) is 0 Å². The Balaban J connectivity index is 1.50. The van der Waals surface area contributed by atoms with Gasteiger partial charge in [-0.15, -0.1) is 0 Å². The van der Waals surface area contributed by atoms with Gasteiger partial charge in [0.1, 0.15) is 5.69 Å². The molecule has 1 atom stereocenters. The number of hydrogen-bond donors (Lipinski definition) is 3. The number of aromatic nitrogens is 3. The molecule has 3 rings (SSSR count). The number of nitrogens with two attached hydrogens (primary N) is 1. The summed E-state index contributed by atoms with van der Waals surface area (Å²) in [6.45, 7) is 2.40. The van der Waals surface area contributed by atoms with Crippen molar-refractivity contribution in [2.24, 2.45) is 5.73 Å². The maximum absolute atomic E-state index is 12.2. The number of aromatic amines is 1. The van der Waals surface area contributed by atoms with Gasteiger partial charge in [0.15, 0.2) is 0 Å². The van der Waals surface area contributed by atoms with Crippen LogP contribution in [0.5, 0.6) is 0 Å². The SMILES string of the molecule is NC(=O)c1cc([C@H]2CCCN(CC(=O)NCc3ccccn3)C2)[nH]n1. The summed E-state index contributed by atoms with van der Waals surface area (Å²) in [5.74, 6) is -0.337. The predicted octanol–water partition coefficient (Wildman–Crippen LogP) is 0.399. The van der Waals surface area contributed by atoms with Crippen molar-refractivity contribution >= 4 is 11.8 Å². The van der Waals surface area contributed by atoms with Crippen LogP contribution < -0.4 is 11.1 Å².